The van der Waals surface area contributed by atoms with Gasteiger partial charge in [-0.1, -0.05) is 163 Å². The monoisotopic (exact) mass is 780 g/mol. The lowest BCUT2D eigenvalue weighted by Gasteiger charge is -2.44. The number of likely N-dealkylation sites (N-methyl/N-ethyl adjacent to an activating group) is 2. The lowest BCUT2D eigenvalue weighted by molar-refractivity contribution is -0.145. The van der Waals surface area contributed by atoms with E-state index in [0.29, 0.717) is 19.4 Å². The van der Waals surface area contributed by atoms with Crippen molar-refractivity contribution in [2.45, 2.75) is 88.8 Å². The molecule has 4 aromatic carbocycles. The number of methoxy groups -OCH3 is 1. The summed E-state index contributed by atoms with van der Waals surface area (Å²) in [4.78, 5) is 27.7. The van der Waals surface area contributed by atoms with Crippen LogP contribution in [0.25, 0.3) is 0 Å². The minimum absolute atomic E-state index is 0.0135. The first-order valence-corrected chi connectivity index (χ1v) is 23.2. The van der Waals surface area contributed by atoms with Crippen molar-refractivity contribution in [3.05, 3.63) is 121 Å². The van der Waals surface area contributed by atoms with Crippen molar-refractivity contribution in [2.75, 3.05) is 34.3 Å². The number of likely N-dealkylation sites (tertiary alicyclic amines) is 2. The fraction of sp³-hybridized carbons (Fsp3) is 0.422. The Morgan fingerprint density at radius 3 is 1.11 bits per heavy atom. The van der Waals surface area contributed by atoms with Gasteiger partial charge in [-0.2, -0.15) is 0 Å². The van der Waals surface area contributed by atoms with Crippen LogP contribution in [0.4, 0.5) is 0 Å². The number of aliphatic carboxylic acids is 1. The molecule has 4 aromatic rings. The molecule has 2 aliphatic heterocycles. The Morgan fingerprint density at radius 1 is 0.564 bits per heavy atom. The summed E-state index contributed by atoms with van der Waals surface area (Å²) in [5.41, 5.74) is 0. The number of carbonyl (C=O) groups excluding carboxylic acids is 1. The Labute approximate surface area is 330 Å². The number of hydrogen-bond donors (Lipinski definition) is 1. The Morgan fingerprint density at radius 2 is 0.855 bits per heavy atom. The van der Waals surface area contributed by atoms with Crippen molar-refractivity contribution in [1.29, 1.82) is 0 Å². The molecule has 55 heavy (non-hydrogen) atoms. The standard InChI is InChI=1S/C23H31NO3Si.C22H29NO3Si/c1-23(2,3)28(19-12-8-6-9-13-19,20-14-10-7-11-15-20)27-18-16-21(22(25)26-5)24(4)17-18;1-22(2,3)27(18-11-7-5-8-12-18,19-13-9-6-10-14-19)26-17-15-20(21(24)25)23(4)16-17/h6-15,18,21H,16-17H2,1-5H3;5-14,17,20H,15-16H2,1-4H3,(H,24,25)/t18-,21+;17-,20+/m11/s1. The van der Waals surface area contributed by atoms with Gasteiger partial charge in [-0.25, -0.2) is 0 Å². The Balaban J connectivity index is 0.000000211. The molecular formula is C45H60N2O6Si2. The van der Waals surface area contributed by atoms with Crippen LogP contribution in [-0.2, 0) is 23.2 Å². The smallest absolute Gasteiger partial charge is 0.323 e. The second kappa shape index (κ2) is 17.5. The maximum atomic E-state index is 12.2. The average molecular weight is 781 g/mol. The highest BCUT2D eigenvalue weighted by atomic mass is 28.4. The number of benzene rings is 4. The van der Waals surface area contributed by atoms with Crippen LogP contribution >= 0.6 is 0 Å². The van der Waals surface area contributed by atoms with E-state index in [2.05, 4.69) is 139 Å². The summed E-state index contributed by atoms with van der Waals surface area (Å²) >= 11 is 0. The Kier molecular flexibility index (Phi) is 13.4. The van der Waals surface area contributed by atoms with Crippen LogP contribution in [0.5, 0.6) is 0 Å². The molecule has 2 fully saturated rings. The summed E-state index contributed by atoms with van der Waals surface area (Å²) in [6.07, 6.45) is 1.08. The van der Waals surface area contributed by atoms with Crippen molar-refractivity contribution < 1.29 is 28.3 Å². The SMILES string of the molecule is CN1C[C@H](O[Si](c2ccccc2)(c2ccccc2)C(C)(C)C)C[C@H]1C(=O)O.COC(=O)[C@@H]1C[C@@H](O[Si](c2ccccc2)(c2ccccc2)C(C)(C)C)CN1C. The molecule has 294 valence electrons. The molecule has 0 radical (unpaired) electrons. The predicted octanol–water partition coefficient (Wildman–Crippen LogP) is 5.53. The molecule has 0 unspecified atom stereocenters. The molecule has 2 heterocycles. The van der Waals surface area contributed by atoms with Gasteiger partial charge in [-0.15, -0.1) is 0 Å². The highest BCUT2D eigenvalue weighted by Crippen LogP contribution is 2.40. The molecular weight excluding hydrogens is 721 g/mol. The zero-order chi connectivity index (χ0) is 40.0. The topological polar surface area (TPSA) is 88.5 Å². The fourth-order valence-electron chi connectivity index (χ4n) is 8.66. The maximum Gasteiger partial charge on any atom is 0.323 e. The maximum absolute atomic E-state index is 12.2. The molecule has 0 aromatic heterocycles. The largest absolute Gasteiger partial charge is 0.480 e. The third-order valence-electron chi connectivity index (χ3n) is 11.3. The molecule has 2 aliphatic rings. The van der Waals surface area contributed by atoms with Crippen molar-refractivity contribution in [1.82, 2.24) is 9.80 Å². The van der Waals surface area contributed by atoms with Crippen LogP contribution in [0.3, 0.4) is 0 Å². The van der Waals surface area contributed by atoms with E-state index in [1.54, 1.807) is 0 Å². The number of carbonyl (C=O) groups is 2. The van der Waals surface area contributed by atoms with Crippen LogP contribution in [-0.4, -0.2) is 102 Å². The van der Waals surface area contributed by atoms with Gasteiger partial charge in [0, 0.05) is 13.1 Å². The Bertz CT molecular complexity index is 1750. The number of esters is 1. The van der Waals surface area contributed by atoms with Gasteiger partial charge >= 0.3 is 11.9 Å². The summed E-state index contributed by atoms with van der Waals surface area (Å²) in [5, 5.41) is 14.3. The van der Waals surface area contributed by atoms with Gasteiger partial charge in [0.05, 0.1) is 19.3 Å². The molecule has 2 saturated heterocycles. The van der Waals surface area contributed by atoms with Crippen LogP contribution in [0.15, 0.2) is 121 Å². The molecule has 1 N–H and O–H groups in total. The number of ether oxygens (including phenoxy) is 1. The quantitative estimate of drug-likeness (QED) is 0.166. The molecule has 10 heteroatoms. The first kappa shape index (κ1) is 42.2. The second-order valence-corrected chi connectivity index (χ2v) is 25.6. The molecule has 0 bridgehead atoms. The van der Waals surface area contributed by atoms with Crippen molar-refractivity contribution >= 4 is 49.3 Å². The van der Waals surface area contributed by atoms with Crippen LogP contribution < -0.4 is 20.7 Å². The minimum atomic E-state index is -2.63. The summed E-state index contributed by atoms with van der Waals surface area (Å²) in [5.74, 6) is -0.956. The van der Waals surface area contributed by atoms with Gasteiger partial charge in [0.2, 0.25) is 0 Å². The van der Waals surface area contributed by atoms with E-state index in [9.17, 15) is 14.7 Å². The number of hydrogen-bond acceptors (Lipinski definition) is 7. The van der Waals surface area contributed by atoms with Crippen molar-refractivity contribution in [2.24, 2.45) is 0 Å². The average Bonchev–Trinajstić information content (AvgIpc) is 3.73. The number of carboxylic acid groups (broad SMARTS) is 1. The van der Waals surface area contributed by atoms with E-state index in [-0.39, 0.29) is 34.3 Å². The lowest BCUT2D eigenvalue weighted by Crippen LogP contribution is -2.67. The van der Waals surface area contributed by atoms with Crippen LogP contribution in [0.1, 0.15) is 54.4 Å². The lowest BCUT2D eigenvalue weighted by atomic mass is 10.2. The molecule has 8 nitrogen and oxygen atoms in total. The summed E-state index contributed by atoms with van der Waals surface area (Å²) in [6.45, 7) is 14.9. The van der Waals surface area contributed by atoms with E-state index in [1.165, 1.54) is 27.9 Å². The van der Waals surface area contributed by atoms with Gasteiger partial charge in [0.25, 0.3) is 16.6 Å². The third-order valence-corrected chi connectivity index (χ3v) is 21.5. The van der Waals surface area contributed by atoms with E-state index >= 15 is 0 Å². The number of rotatable bonds is 10. The second-order valence-electron chi connectivity index (χ2n) is 17.0. The van der Waals surface area contributed by atoms with Crippen LogP contribution in [0.2, 0.25) is 10.1 Å². The zero-order valence-electron chi connectivity index (χ0n) is 34.1. The van der Waals surface area contributed by atoms with E-state index in [0.717, 1.165) is 6.54 Å². The molecule has 0 saturated carbocycles. The molecule has 4 atom stereocenters. The molecule has 6 rings (SSSR count). The summed E-state index contributed by atoms with van der Waals surface area (Å²) in [7, 11) is 0.0628. The molecule has 0 spiro atoms. The van der Waals surface area contributed by atoms with E-state index < -0.39 is 28.6 Å². The van der Waals surface area contributed by atoms with Gasteiger partial charge in [0.15, 0.2) is 0 Å². The minimum Gasteiger partial charge on any atom is -0.480 e. The van der Waals surface area contributed by atoms with Gasteiger partial charge < -0.3 is 18.7 Å². The highest BCUT2D eigenvalue weighted by molar-refractivity contribution is 7.00. The van der Waals surface area contributed by atoms with Crippen molar-refractivity contribution in [3.8, 4) is 0 Å². The number of nitrogens with zero attached hydrogens (tertiary/aromatic N) is 2. The van der Waals surface area contributed by atoms with Gasteiger partial charge in [-0.3, -0.25) is 19.4 Å². The zero-order valence-corrected chi connectivity index (χ0v) is 36.1. The highest BCUT2D eigenvalue weighted by Gasteiger charge is 2.54. The Hall–Kier alpha value is -3.91. The fourth-order valence-corrected chi connectivity index (χ4v) is 18.0. The number of carboxylic acids is 1. The first-order chi connectivity index (χ1) is 26.0. The van der Waals surface area contributed by atoms with Crippen molar-refractivity contribution in [3.63, 3.8) is 0 Å². The summed E-state index contributed by atoms with van der Waals surface area (Å²) in [6, 6.07) is 41.5. The van der Waals surface area contributed by atoms with Gasteiger partial charge in [-0.05, 0) is 57.8 Å². The summed E-state index contributed by atoms with van der Waals surface area (Å²) < 4.78 is 19.1. The first-order valence-electron chi connectivity index (χ1n) is 19.3. The van der Waals surface area contributed by atoms with E-state index in [4.69, 9.17) is 13.6 Å². The molecule has 0 aliphatic carbocycles. The predicted molar refractivity (Wildman–Crippen MR) is 227 cm³/mol. The normalized spacial score (nSPS) is 21.1. The molecule has 0 amide bonds. The van der Waals surface area contributed by atoms with E-state index in [1.807, 2.05) is 48.2 Å². The third kappa shape index (κ3) is 8.90. The van der Waals surface area contributed by atoms with Gasteiger partial charge in [0.1, 0.15) is 12.1 Å². The van der Waals surface area contributed by atoms with Crippen LogP contribution in [0, 0.1) is 0 Å².